The SMILES string of the molecule is COc1c(C)cc(CC(=O)NCCC(=O)O)cc1C. The van der Waals surface area contributed by atoms with E-state index in [0.29, 0.717) is 0 Å². The van der Waals surface area contributed by atoms with Crippen molar-refractivity contribution in [3.05, 3.63) is 28.8 Å². The highest BCUT2D eigenvalue weighted by molar-refractivity contribution is 5.79. The van der Waals surface area contributed by atoms with Gasteiger partial charge in [-0.3, -0.25) is 9.59 Å². The van der Waals surface area contributed by atoms with Gasteiger partial charge in [-0.25, -0.2) is 0 Å². The number of hydrogen-bond acceptors (Lipinski definition) is 3. The van der Waals surface area contributed by atoms with Gasteiger partial charge in [0.1, 0.15) is 5.75 Å². The first-order chi connectivity index (χ1) is 8.93. The van der Waals surface area contributed by atoms with Crippen molar-refractivity contribution in [2.45, 2.75) is 26.7 Å². The largest absolute Gasteiger partial charge is 0.496 e. The summed E-state index contributed by atoms with van der Waals surface area (Å²) in [6, 6.07) is 3.81. The fourth-order valence-electron chi connectivity index (χ4n) is 2.02. The smallest absolute Gasteiger partial charge is 0.305 e. The van der Waals surface area contributed by atoms with Gasteiger partial charge < -0.3 is 15.2 Å². The number of methoxy groups -OCH3 is 1. The number of rotatable bonds is 6. The lowest BCUT2D eigenvalue weighted by Crippen LogP contribution is -2.27. The third kappa shape index (κ3) is 4.62. The Morgan fingerprint density at radius 1 is 1.26 bits per heavy atom. The van der Waals surface area contributed by atoms with Gasteiger partial charge in [-0.1, -0.05) is 12.1 Å². The van der Waals surface area contributed by atoms with Crippen LogP contribution in [-0.2, 0) is 16.0 Å². The van der Waals surface area contributed by atoms with E-state index in [2.05, 4.69) is 5.32 Å². The van der Waals surface area contributed by atoms with Gasteiger partial charge in [-0.05, 0) is 30.5 Å². The normalized spacial score (nSPS) is 10.1. The van der Waals surface area contributed by atoms with E-state index in [1.165, 1.54) is 0 Å². The molecule has 0 aliphatic carbocycles. The van der Waals surface area contributed by atoms with Crippen LogP contribution < -0.4 is 10.1 Å². The number of amides is 1. The van der Waals surface area contributed by atoms with Gasteiger partial charge in [0.05, 0.1) is 20.0 Å². The summed E-state index contributed by atoms with van der Waals surface area (Å²) in [5, 5.41) is 11.1. The maximum Gasteiger partial charge on any atom is 0.305 e. The maximum absolute atomic E-state index is 11.6. The third-order valence-electron chi connectivity index (χ3n) is 2.75. The Morgan fingerprint density at radius 2 is 1.84 bits per heavy atom. The molecule has 0 spiro atoms. The molecule has 19 heavy (non-hydrogen) atoms. The zero-order valence-electron chi connectivity index (χ0n) is 11.4. The highest BCUT2D eigenvalue weighted by Gasteiger charge is 2.09. The minimum Gasteiger partial charge on any atom is -0.496 e. The monoisotopic (exact) mass is 265 g/mol. The third-order valence-corrected chi connectivity index (χ3v) is 2.75. The molecule has 1 aromatic rings. The van der Waals surface area contributed by atoms with Gasteiger partial charge in [0.15, 0.2) is 0 Å². The van der Waals surface area contributed by atoms with E-state index in [4.69, 9.17) is 9.84 Å². The second kappa shape index (κ2) is 6.78. The Bertz CT molecular complexity index is 459. The fraction of sp³-hybridized carbons (Fsp3) is 0.429. The van der Waals surface area contributed by atoms with E-state index in [1.807, 2.05) is 26.0 Å². The molecule has 1 rings (SSSR count). The van der Waals surface area contributed by atoms with Gasteiger partial charge in [-0.2, -0.15) is 0 Å². The first-order valence-corrected chi connectivity index (χ1v) is 6.06. The molecule has 2 N–H and O–H groups in total. The molecule has 0 bridgehead atoms. The van der Waals surface area contributed by atoms with E-state index in [1.54, 1.807) is 7.11 Å². The summed E-state index contributed by atoms with van der Waals surface area (Å²) in [5.74, 6) is -0.267. The minimum absolute atomic E-state index is 0.0631. The van der Waals surface area contributed by atoms with E-state index >= 15 is 0 Å². The van der Waals surface area contributed by atoms with Gasteiger partial charge in [0.2, 0.25) is 5.91 Å². The van der Waals surface area contributed by atoms with E-state index in [9.17, 15) is 9.59 Å². The minimum atomic E-state index is -0.920. The molecule has 0 saturated carbocycles. The number of aryl methyl sites for hydroxylation is 2. The van der Waals surface area contributed by atoms with Crippen LogP contribution in [0.25, 0.3) is 0 Å². The zero-order valence-corrected chi connectivity index (χ0v) is 11.4. The summed E-state index contributed by atoms with van der Waals surface area (Å²) in [4.78, 5) is 22.0. The van der Waals surface area contributed by atoms with Crippen molar-refractivity contribution in [1.82, 2.24) is 5.32 Å². The summed E-state index contributed by atoms with van der Waals surface area (Å²) in [5.41, 5.74) is 2.86. The number of carbonyl (C=O) groups is 2. The molecule has 0 aliphatic rings. The lowest BCUT2D eigenvalue weighted by Gasteiger charge is -2.11. The van der Waals surface area contributed by atoms with Crippen molar-refractivity contribution in [1.29, 1.82) is 0 Å². The van der Waals surface area contributed by atoms with Crippen LogP contribution in [0.3, 0.4) is 0 Å². The fourth-order valence-corrected chi connectivity index (χ4v) is 2.02. The van der Waals surface area contributed by atoms with Crippen molar-refractivity contribution < 1.29 is 19.4 Å². The first kappa shape index (κ1) is 15.0. The molecule has 1 amide bonds. The predicted molar refractivity (Wildman–Crippen MR) is 71.4 cm³/mol. The summed E-state index contributed by atoms with van der Waals surface area (Å²) >= 11 is 0. The van der Waals surface area contributed by atoms with E-state index < -0.39 is 5.97 Å². The Kier molecular flexibility index (Phi) is 5.36. The quantitative estimate of drug-likeness (QED) is 0.816. The summed E-state index contributed by atoms with van der Waals surface area (Å²) in [7, 11) is 1.62. The second-order valence-electron chi connectivity index (χ2n) is 4.43. The molecule has 5 nitrogen and oxygen atoms in total. The Labute approximate surface area is 112 Å². The number of ether oxygens (including phenoxy) is 1. The lowest BCUT2D eigenvalue weighted by molar-refractivity contribution is -0.136. The average Bonchev–Trinajstić information content (AvgIpc) is 2.27. The van der Waals surface area contributed by atoms with Crippen LogP contribution in [0.4, 0.5) is 0 Å². The van der Waals surface area contributed by atoms with Crippen LogP contribution in [0.1, 0.15) is 23.1 Å². The average molecular weight is 265 g/mol. The second-order valence-corrected chi connectivity index (χ2v) is 4.43. The topological polar surface area (TPSA) is 75.6 Å². The van der Waals surface area contributed by atoms with Gasteiger partial charge in [0, 0.05) is 6.54 Å². The van der Waals surface area contributed by atoms with E-state index in [-0.39, 0.29) is 25.3 Å². The van der Waals surface area contributed by atoms with Crippen molar-refractivity contribution >= 4 is 11.9 Å². The molecular formula is C14H19NO4. The molecule has 0 atom stereocenters. The zero-order chi connectivity index (χ0) is 14.4. The van der Waals surface area contributed by atoms with Crippen molar-refractivity contribution in [2.24, 2.45) is 0 Å². The number of carbonyl (C=O) groups excluding carboxylic acids is 1. The number of hydrogen-bond donors (Lipinski definition) is 2. The van der Waals surface area contributed by atoms with Crippen LogP contribution in [0.2, 0.25) is 0 Å². The molecule has 0 radical (unpaired) electrons. The number of nitrogens with one attached hydrogen (secondary N) is 1. The van der Waals surface area contributed by atoms with Crippen molar-refractivity contribution in [3.63, 3.8) is 0 Å². The molecule has 1 aromatic carbocycles. The van der Waals surface area contributed by atoms with Crippen LogP contribution in [-0.4, -0.2) is 30.6 Å². The van der Waals surface area contributed by atoms with Crippen LogP contribution in [0, 0.1) is 13.8 Å². The molecular weight excluding hydrogens is 246 g/mol. The number of carboxylic acid groups (broad SMARTS) is 1. The summed E-state index contributed by atoms with van der Waals surface area (Å²) in [6.45, 7) is 4.01. The lowest BCUT2D eigenvalue weighted by atomic mass is 10.0. The predicted octanol–water partition coefficient (Wildman–Crippen LogP) is 1.45. The Hall–Kier alpha value is -2.04. The Balaban J connectivity index is 2.62. The van der Waals surface area contributed by atoms with Crippen molar-refractivity contribution in [2.75, 3.05) is 13.7 Å². The van der Waals surface area contributed by atoms with Gasteiger partial charge in [-0.15, -0.1) is 0 Å². The first-order valence-electron chi connectivity index (χ1n) is 6.06. The molecule has 0 heterocycles. The molecule has 0 aromatic heterocycles. The van der Waals surface area contributed by atoms with Crippen LogP contribution >= 0.6 is 0 Å². The highest BCUT2D eigenvalue weighted by atomic mass is 16.5. The number of aliphatic carboxylic acids is 1. The maximum atomic E-state index is 11.6. The molecule has 0 saturated heterocycles. The van der Waals surface area contributed by atoms with E-state index in [0.717, 1.165) is 22.4 Å². The standard InChI is InChI=1S/C14H19NO4/c1-9-6-11(7-10(2)14(9)19-3)8-12(16)15-5-4-13(17)18/h6-7H,4-5,8H2,1-3H3,(H,15,16)(H,17,18). The number of benzene rings is 1. The molecule has 0 aliphatic heterocycles. The molecule has 0 unspecified atom stereocenters. The summed E-state index contributed by atoms with van der Waals surface area (Å²) < 4.78 is 5.26. The van der Waals surface area contributed by atoms with Crippen LogP contribution in [0.15, 0.2) is 12.1 Å². The Morgan fingerprint density at radius 3 is 2.32 bits per heavy atom. The van der Waals surface area contributed by atoms with Crippen molar-refractivity contribution in [3.8, 4) is 5.75 Å². The van der Waals surface area contributed by atoms with Gasteiger partial charge in [0.25, 0.3) is 0 Å². The number of carboxylic acids is 1. The highest BCUT2D eigenvalue weighted by Crippen LogP contribution is 2.24. The van der Waals surface area contributed by atoms with Crippen LogP contribution in [0.5, 0.6) is 5.75 Å². The molecule has 5 heteroatoms. The molecule has 0 fully saturated rings. The summed E-state index contributed by atoms with van der Waals surface area (Å²) in [6.07, 6.45) is 0.178. The molecule has 104 valence electrons. The van der Waals surface area contributed by atoms with Gasteiger partial charge >= 0.3 is 5.97 Å².